The molecule has 0 amide bonds. The van der Waals surface area contributed by atoms with Gasteiger partial charge in [0.25, 0.3) is 5.69 Å². The van der Waals surface area contributed by atoms with Gasteiger partial charge in [0.15, 0.2) is 0 Å². The summed E-state index contributed by atoms with van der Waals surface area (Å²) < 4.78 is 5.87. The van der Waals surface area contributed by atoms with Crippen LogP contribution in [0.5, 0.6) is 0 Å². The lowest BCUT2D eigenvalue weighted by molar-refractivity contribution is -0.385. The number of nitrogens with zero attached hydrogens (tertiary/aromatic N) is 1. The molecule has 96 valence electrons. The van der Waals surface area contributed by atoms with Crippen LogP contribution in [0.1, 0.15) is 18.4 Å². The number of benzene rings is 1. The average molecular weight is 315 g/mol. The van der Waals surface area contributed by atoms with Gasteiger partial charge in [-0.3, -0.25) is 14.9 Å². The molecule has 0 heterocycles. The monoisotopic (exact) mass is 314 g/mol. The van der Waals surface area contributed by atoms with Crippen molar-refractivity contribution in [3.63, 3.8) is 0 Å². The fraction of sp³-hybridized carbons (Fsp3) is 0.364. The van der Waals surface area contributed by atoms with Crippen molar-refractivity contribution in [3.8, 4) is 0 Å². The van der Waals surface area contributed by atoms with E-state index in [4.69, 9.17) is 10.5 Å². The third-order valence-corrected chi connectivity index (χ3v) is 3.49. The van der Waals surface area contributed by atoms with E-state index in [1.807, 2.05) is 0 Å². The van der Waals surface area contributed by atoms with E-state index in [2.05, 4.69) is 15.9 Å². The summed E-state index contributed by atoms with van der Waals surface area (Å²) in [4.78, 5) is 21.4. The Labute approximate surface area is 111 Å². The molecule has 0 aliphatic heterocycles. The van der Waals surface area contributed by atoms with Gasteiger partial charge >= 0.3 is 5.97 Å². The Morgan fingerprint density at radius 2 is 2.22 bits per heavy atom. The normalized spacial score (nSPS) is 16.1. The van der Waals surface area contributed by atoms with Crippen molar-refractivity contribution in [2.75, 3.05) is 6.54 Å². The number of ether oxygens (including phenoxy) is 1. The molecule has 0 aromatic heterocycles. The Hall–Kier alpha value is -1.47. The lowest BCUT2D eigenvalue weighted by Crippen LogP contribution is -2.24. The highest BCUT2D eigenvalue weighted by molar-refractivity contribution is 9.10. The molecule has 0 saturated heterocycles. The van der Waals surface area contributed by atoms with E-state index in [0.717, 1.165) is 5.56 Å². The molecular weight excluding hydrogens is 304 g/mol. The minimum absolute atomic E-state index is 0.00780. The molecule has 7 heteroatoms. The lowest BCUT2D eigenvalue weighted by atomic mass is 10.1. The van der Waals surface area contributed by atoms with Crippen LogP contribution < -0.4 is 5.73 Å². The van der Waals surface area contributed by atoms with E-state index in [9.17, 15) is 14.9 Å². The van der Waals surface area contributed by atoms with Crippen LogP contribution in [0, 0.1) is 10.1 Å². The van der Waals surface area contributed by atoms with Crippen LogP contribution in [0.15, 0.2) is 22.7 Å². The summed E-state index contributed by atoms with van der Waals surface area (Å²) in [7, 11) is 0. The van der Waals surface area contributed by atoms with Crippen LogP contribution in [-0.2, 0) is 15.1 Å². The Kier molecular flexibility index (Phi) is 3.36. The molecule has 0 atom stereocenters. The highest BCUT2D eigenvalue weighted by atomic mass is 79.9. The van der Waals surface area contributed by atoms with Crippen LogP contribution >= 0.6 is 15.9 Å². The predicted molar refractivity (Wildman–Crippen MR) is 66.9 cm³/mol. The van der Waals surface area contributed by atoms with Gasteiger partial charge in [-0.25, -0.2) is 0 Å². The summed E-state index contributed by atoms with van der Waals surface area (Å²) in [5, 5.41) is 10.6. The first-order chi connectivity index (χ1) is 8.48. The van der Waals surface area contributed by atoms with Gasteiger partial charge in [0.2, 0.25) is 0 Å². The third kappa shape index (κ3) is 2.37. The summed E-state index contributed by atoms with van der Waals surface area (Å²) in [6.45, 7) is -0.174. The zero-order valence-corrected chi connectivity index (χ0v) is 11.0. The maximum atomic E-state index is 11.3. The number of halogens is 1. The van der Waals surface area contributed by atoms with E-state index in [-0.39, 0.29) is 12.2 Å². The van der Waals surface area contributed by atoms with Crippen molar-refractivity contribution in [1.29, 1.82) is 0 Å². The molecule has 1 aliphatic carbocycles. The summed E-state index contributed by atoms with van der Waals surface area (Å²) in [5.74, 6) is -0.474. The molecule has 2 rings (SSSR count). The molecule has 1 fully saturated rings. The molecule has 0 radical (unpaired) electrons. The molecule has 18 heavy (non-hydrogen) atoms. The van der Waals surface area contributed by atoms with E-state index in [1.54, 1.807) is 6.07 Å². The van der Waals surface area contributed by atoms with Crippen LogP contribution in [0.25, 0.3) is 0 Å². The maximum absolute atomic E-state index is 11.3. The summed E-state index contributed by atoms with van der Waals surface area (Å²) in [6.07, 6.45) is 1.41. The molecule has 1 aromatic carbocycles. The number of nitro groups is 1. The second kappa shape index (κ2) is 4.66. The first-order valence-corrected chi connectivity index (χ1v) is 6.14. The molecule has 0 spiro atoms. The summed E-state index contributed by atoms with van der Waals surface area (Å²) >= 11 is 3.28. The number of nitro benzene ring substituents is 1. The number of hydrogen-bond donors (Lipinski definition) is 1. The summed E-state index contributed by atoms with van der Waals surface area (Å²) in [6, 6.07) is 4.42. The number of nitrogens with two attached hydrogens (primary N) is 1. The van der Waals surface area contributed by atoms with Crippen LogP contribution in [0.3, 0.4) is 0 Å². The van der Waals surface area contributed by atoms with E-state index in [1.165, 1.54) is 12.1 Å². The van der Waals surface area contributed by atoms with Crippen molar-refractivity contribution in [1.82, 2.24) is 0 Å². The molecule has 1 aliphatic rings. The number of hydrogen-bond acceptors (Lipinski definition) is 5. The number of rotatable bonds is 4. The maximum Gasteiger partial charge on any atom is 0.320 e. The topological polar surface area (TPSA) is 95.5 Å². The SMILES string of the molecule is NCC(=O)OC1(c2ccc([N+](=O)[O-])cc2Br)CC1. The molecule has 6 nitrogen and oxygen atoms in total. The standard InChI is InChI=1S/C11H11BrN2O4/c12-9-5-7(14(16)17)1-2-8(9)11(3-4-11)18-10(15)6-13/h1-2,5H,3-4,6,13H2. The molecular formula is C11H11BrN2O4. The minimum Gasteiger partial charge on any atom is -0.453 e. The Morgan fingerprint density at radius 3 is 2.67 bits per heavy atom. The van der Waals surface area contributed by atoms with Gasteiger partial charge in [0.1, 0.15) is 5.60 Å². The van der Waals surface area contributed by atoms with E-state index in [0.29, 0.717) is 17.3 Å². The van der Waals surface area contributed by atoms with Gasteiger partial charge in [-0.1, -0.05) is 15.9 Å². The number of esters is 1. The first-order valence-electron chi connectivity index (χ1n) is 5.35. The van der Waals surface area contributed by atoms with Crippen LogP contribution in [0.4, 0.5) is 5.69 Å². The highest BCUT2D eigenvalue weighted by Crippen LogP contribution is 2.51. The van der Waals surface area contributed by atoms with Crippen molar-refractivity contribution in [2.24, 2.45) is 5.73 Å². The quantitative estimate of drug-likeness (QED) is 0.520. The number of carbonyl (C=O) groups is 1. The fourth-order valence-corrected chi connectivity index (χ4v) is 2.51. The number of carbonyl (C=O) groups excluding carboxylic acids is 1. The van der Waals surface area contributed by atoms with Gasteiger partial charge < -0.3 is 10.5 Å². The average Bonchev–Trinajstić information content (AvgIpc) is 3.09. The van der Waals surface area contributed by atoms with Gasteiger partial charge in [-0.2, -0.15) is 0 Å². The molecule has 1 aromatic rings. The second-order valence-corrected chi connectivity index (χ2v) is 4.95. The Balaban J connectivity index is 2.29. The van der Waals surface area contributed by atoms with Crippen molar-refractivity contribution >= 4 is 27.6 Å². The first kappa shape index (κ1) is 13.0. The lowest BCUT2D eigenvalue weighted by Gasteiger charge is -2.17. The van der Waals surface area contributed by atoms with Gasteiger partial charge in [0, 0.05) is 22.2 Å². The van der Waals surface area contributed by atoms with E-state index >= 15 is 0 Å². The Morgan fingerprint density at radius 1 is 1.56 bits per heavy atom. The smallest absolute Gasteiger partial charge is 0.320 e. The zero-order valence-electron chi connectivity index (χ0n) is 9.39. The van der Waals surface area contributed by atoms with Crippen molar-refractivity contribution < 1.29 is 14.5 Å². The molecule has 2 N–H and O–H groups in total. The third-order valence-electron chi connectivity index (χ3n) is 2.83. The number of non-ortho nitro benzene ring substituents is 1. The Bertz CT molecular complexity index is 514. The fourth-order valence-electron chi connectivity index (χ4n) is 1.79. The molecule has 0 unspecified atom stereocenters. The second-order valence-electron chi connectivity index (χ2n) is 4.09. The minimum atomic E-state index is -0.662. The van der Waals surface area contributed by atoms with Crippen LogP contribution in [-0.4, -0.2) is 17.4 Å². The molecule has 0 bridgehead atoms. The van der Waals surface area contributed by atoms with Crippen molar-refractivity contribution in [2.45, 2.75) is 18.4 Å². The van der Waals surface area contributed by atoms with Gasteiger partial charge in [0.05, 0.1) is 11.5 Å². The summed E-state index contributed by atoms with van der Waals surface area (Å²) in [5.41, 5.74) is 5.29. The molecule has 1 saturated carbocycles. The van der Waals surface area contributed by atoms with Gasteiger partial charge in [-0.05, 0) is 18.9 Å². The largest absolute Gasteiger partial charge is 0.453 e. The van der Waals surface area contributed by atoms with Crippen LogP contribution in [0.2, 0.25) is 0 Å². The highest BCUT2D eigenvalue weighted by Gasteiger charge is 2.49. The predicted octanol–water partition coefficient (Wildman–Crippen LogP) is 1.85. The van der Waals surface area contributed by atoms with Gasteiger partial charge in [-0.15, -0.1) is 0 Å². The van der Waals surface area contributed by atoms with E-state index < -0.39 is 16.5 Å². The van der Waals surface area contributed by atoms with Crippen molar-refractivity contribution in [3.05, 3.63) is 38.3 Å². The zero-order chi connectivity index (χ0) is 13.3.